The van der Waals surface area contributed by atoms with Gasteiger partial charge in [-0.05, 0) is 19.1 Å². The standard InChI is InChI=1S/C25H28N8O2S/c1-2-4-21(34)32-9-7-31(8-10-32)16-20-27-24-22(36-20)25(33-11-13-35-14-12-33)29-23(28-24)17-5-3-6-19-18(17)15-26-30-19/h2-6,15H,7-14,16H2,1H3,(H,26,30)/b4-2+. The first kappa shape index (κ1) is 23.0. The number of thiazole rings is 1. The Bertz CT molecular complexity index is 1420. The number of benzene rings is 1. The van der Waals surface area contributed by atoms with Crippen LogP contribution in [0, 0.1) is 0 Å². The van der Waals surface area contributed by atoms with E-state index in [0.717, 1.165) is 83.5 Å². The topological polar surface area (TPSA) is 103 Å². The van der Waals surface area contributed by atoms with Crippen LogP contribution in [0.1, 0.15) is 11.9 Å². The third-order valence-corrected chi connectivity index (χ3v) is 7.69. The summed E-state index contributed by atoms with van der Waals surface area (Å²) in [5, 5.41) is 9.24. The molecule has 0 saturated carbocycles. The first-order valence-electron chi connectivity index (χ1n) is 12.3. The number of allylic oxidation sites excluding steroid dienone is 1. The van der Waals surface area contributed by atoms with Gasteiger partial charge in [-0.2, -0.15) is 5.10 Å². The van der Waals surface area contributed by atoms with Gasteiger partial charge in [0.25, 0.3) is 0 Å². The zero-order valence-corrected chi connectivity index (χ0v) is 21.0. The molecule has 1 N–H and O–H groups in total. The number of piperazine rings is 1. The van der Waals surface area contributed by atoms with Gasteiger partial charge >= 0.3 is 0 Å². The van der Waals surface area contributed by atoms with E-state index in [1.54, 1.807) is 23.5 Å². The Morgan fingerprint density at radius 3 is 2.75 bits per heavy atom. The van der Waals surface area contributed by atoms with Crippen molar-refractivity contribution in [3.8, 4) is 11.4 Å². The molecule has 2 aliphatic heterocycles. The van der Waals surface area contributed by atoms with Gasteiger partial charge in [-0.1, -0.05) is 18.2 Å². The molecule has 6 rings (SSSR count). The van der Waals surface area contributed by atoms with Gasteiger partial charge in [0.1, 0.15) is 9.71 Å². The molecule has 0 aliphatic carbocycles. The summed E-state index contributed by atoms with van der Waals surface area (Å²) >= 11 is 1.67. The van der Waals surface area contributed by atoms with Crippen LogP contribution in [0.25, 0.3) is 32.6 Å². The highest BCUT2D eigenvalue weighted by molar-refractivity contribution is 7.19. The summed E-state index contributed by atoms with van der Waals surface area (Å²) < 4.78 is 6.60. The Labute approximate surface area is 212 Å². The van der Waals surface area contributed by atoms with Gasteiger partial charge in [0.15, 0.2) is 17.3 Å². The summed E-state index contributed by atoms with van der Waals surface area (Å²) in [5.41, 5.74) is 2.62. The number of hydrogen-bond acceptors (Lipinski definition) is 9. The number of carbonyl (C=O) groups is 1. The summed E-state index contributed by atoms with van der Waals surface area (Å²) in [4.78, 5) is 33.6. The number of nitrogens with zero attached hydrogens (tertiary/aromatic N) is 7. The lowest BCUT2D eigenvalue weighted by Crippen LogP contribution is -2.47. The lowest BCUT2D eigenvalue weighted by molar-refractivity contribution is -0.127. The second-order valence-corrected chi connectivity index (χ2v) is 10.1. The molecule has 4 aromatic rings. The van der Waals surface area contributed by atoms with Crippen LogP contribution in [0.2, 0.25) is 0 Å². The second kappa shape index (κ2) is 9.92. The zero-order chi connectivity index (χ0) is 24.5. The summed E-state index contributed by atoms with van der Waals surface area (Å²) in [6.45, 7) is 8.66. The molecule has 186 valence electrons. The third kappa shape index (κ3) is 4.45. The van der Waals surface area contributed by atoms with Crippen molar-refractivity contribution in [2.75, 3.05) is 57.4 Å². The summed E-state index contributed by atoms with van der Waals surface area (Å²) in [6.07, 6.45) is 5.25. The molecule has 36 heavy (non-hydrogen) atoms. The minimum Gasteiger partial charge on any atom is -0.378 e. The number of rotatable bonds is 5. The van der Waals surface area contributed by atoms with E-state index >= 15 is 0 Å². The highest BCUT2D eigenvalue weighted by Crippen LogP contribution is 2.34. The van der Waals surface area contributed by atoms with E-state index in [0.29, 0.717) is 19.0 Å². The van der Waals surface area contributed by atoms with Crippen molar-refractivity contribution in [1.29, 1.82) is 0 Å². The fourth-order valence-electron chi connectivity index (χ4n) is 4.76. The number of nitrogens with one attached hydrogen (secondary N) is 1. The summed E-state index contributed by atoms with van der Waals surface area (Å²) in [7, 11) is 0. The van der Waals surface area contributed by atoms with Gasteiger partial charge in [-0.3, -0.25) is 14.8 Å². The molecule has 1 amide bonds. The van der Waals surface area contributed by atoms with Crippen LogP contribution >= 0.6 is 11.3 Å². The number of H-pyrrole nitrogens is 1. The molecule has 1 aromatic carbocycles. The molecule has 0 bridgehead atoms. The molecular formula is C25H28N8O2S. The van der Waals surface area contributed by atoms with E-state index in [1.807, 2.05) is 36.2 Å². The zero-order valence-electron chi connectivity index (χ0n) is 20.2. The Hall–Kier alpha value is -3.41. The average Bonchev–Trinajstić information content (AvgIpc) is 3.56. The van der Waals surface area contributed by atoms with E-state index in [1.165, 1.54) is 0 Å². The monoisotopic (exact) mass is 504 g/mol. The Morgan fingerprint density at radius 1 is 1.11 bits per heavy atom. The molecule has 0 unspecified atom stereocenters. The van der Waals surface area contributed by atoms with E-state index in [9.17, 15) is 4.79 Å². The van der Waals surface area contributed by atoms with Crippen LogP contribution < -0.4 is 4.90 Å². The summed E-state index contributed by atoms with van der Waals surface area (Å²) in [6, 6.07) is 6.02. The van der Waals surface area contributed by atoms with E-state index in [-0.39, 0.29) is 5.91 Å². The van der Waals surface area contributed by atoms with Crippen molar-refractivity contribution in [2.24, 2.45) is 0 Å². The number of hydrogen-bond donors (Lipinski definition) is 1. The Kier molecular flexibility index (Phi) is 6.34. The van der Waals surface area contributed by atoms with E-state index < -0.39 is 0 Å². The van der Waals surface area contributed by atoms with Gasteiger partial charge in [0.2, 0.25) is 5.91 Å². The number of aromatic nitrogens is 5. The van der Waals surface area contributed by atoms with Gasteiger partial charge in [-0.15, -0.1) is 11.3 Å². The largest absolute Gasteiger partial charge is 0.378 e. The number of carbonyl (C=O) groups excluding carboxylic acids is 1. The number of amides is 1. The molecule has 10 nitrogen and oxygen atoms in total. The highest BCUT2D eigenvalue weighted by atomic mass is 32.1. The van der Waals surface area contributed by atoms with E-state index in [4.69, 9.17) is 19.7 Å². The van der Waals surface area contributed by atoms with Crippen molar-refractivity contribution >= 4 is 44.3 Å². The van der Waals surface area contributed by atoms with Crippen molar-refractivity contribution in [3.63, 3.8) is 0 Å². The molecule has 3 aromatic heterocycles. The molecule has 0 radical (unpaired) electrons. The maximum absolute atomic E-state index is 12.2. The van der Waals surface area contributed by atoms with Gasteiger partial charge in [0.05, 0.1) is 31.5 Å². The lowest BCUT2D eigenvalue weighted by atomic mass is 10.1. The van der Waals surface area contributed by atoms with Crippen LogP contribution in [-0.4, -0.2) is 93.3 Å². The molecule has 2 aliphatic rings. The lowest BCUT2D eigenvalue weighted by Gasteiger charge is -2.33. The third-order valence-electron chi connectivity index (χ3n) is 6.67. The smallest absolute Gasteiger partial charge is 0.246 e. The van der Waals surface area contributed by atoms with Gasteiger partial charge in [-0.25, -0.2) is 15.0 Å². The number of fused-ring (bicyclic) bond motifs is 2. The molecule has 5 heterocycles. The van der Waals surface area contributed by atoms with Gasteiger partial charge in [0, 0.05) is 50.2 Å². The molecule has 11 heteroatoms. The number of anilines is 1. The fraction of sp³-hybridized carbons (Fsp3) is 0.400. The van der Waals surface area contributed by atoms with Gasteiger partial charge < -0.3 is 14.5 Å². The predicted octanol–water partition coefficient (Wildman–Crippen LogP) is 2.69. The second-order valence-electron chi connectivity index (χ2n) is 8.97. The van der Waals surface area contributed by atoms with Crippen molar-refractivity contribution in [3.05, 3.63) is 41.6 Å². The maximum atomic E-state index is 12.2. The van der Waals surface area contributed by atoms with Crippen molar-refractivity contribution in [2.45, 2.75) is 13.5 Å². The van der Waals surface area contributed by atoms with Crippen LogP contribution in [-0.2, 0) is 16.1 Å². The molecular weight excluding hydrogens is 476 g/mol. The Morgan fingerprint density at radius 2 is 1.94 bits per heavy atom. The van der Waals surface area contributed by atoms with E-state index in [2.05, 4.69) is 20.0 Å². The molecule has 2 fully saturated rings. The molecule has 0 spiro atoms. The number of morpholine rings is 1. The van der Waals surface area contributed by atoms with Crippen LogP contribution in [0.15, 0.2) is 36.5 Å². The average molecular weight is 505 g/mol. The minimum atomic E-state index is 0.0859. The number of ether oxygens (including phenoxy) is 1. The maximum Gasteiger partial charge on any atom is 0.246 e. The van der Waals surface area contributed by atoms with Crippen LogP contribution in [0.3, 0.4) is 0 Å². The SMILES string of the molecule is C/C=C/C(=O)N1CCN(Cc2nc3nc(-c4cccc5[nH]ncc45)nc(N4CCOCC4)c3s2)CC1. The highest BCUT2D eigenvalue weighted by Gasteiger charge is 2.24. The van der Waals surface area contributed by atoms with Crippen molar-refractivity contribution in [1.82, 2.24) is 34.9 Å². The molecule has 0 atom stereocenters. The quantitative estimate of drug-likeness (QED) is 0.414. The number of aromatic amines is 1. The predicted molar refractivity (Wildman–Crippen MR) is 140 cm³/mol. The Balaban J connectivity index is 1.32. The van der Waals surface area contributed by atoms with Crippen molar-refractivity contribution < 1.29 is 9.53 Å². The first-order chi connectivity index (χ1) is 17.7. The first-order valence-corrected chi connectivity index (χ1v) is 13.1. The summed E-state index contributed by atoms with van der Waals surface area (Å²) in [5.74, 6) is 1.66. The normalized spacial score (nSPS) is 17.6. The van der Waals surface area contributed by atoms with Crippen LogP contribution in [0.5, 0.6) is 0 Å². The minimum absolute atomic E-state index is 0.0859. The fourth-order valence-corrected chi connectivity index (χ4v) is 5.82. The molecule has 2 saturated heterocycles. The van der Waals surface area contributed by atoms with Crippen LogP contribution in [0.4, 0.5) is 5.82 Å².